The molecule has 0 bridgehead atoms. The molecule has 0 N–H and O–H groups in total. The standard InChI is InChI=1S/C14H24O2Si/c1-3-15-17(16-4-2,13-7-9-5-11(9)13)14-8-10-6-12(10)14/h9-14H,3-8H2,1-2H3. The summed E-state index contributed by atoms with van der Waals surface area (Å²) in [4.78, 5) is 0. The van der Waals surface area contributed by atoms with Crippen molar-refractivity contribution in [3.05, 3.63) is 0 Å². The van der Waals surface area contributed by atoms with E-state index in [0.29, 0.717) is 0 Å². The second kappa shape index (κ2) is 3.58. The van der Waals surface area contributed by atoms with Crippen molar-refractivity contribution in [2.75, 3.05) is 13.2 Å². The predicted octanol–water partition coefficient (Wildman–Crippen LogP) is 3.32. The Morgan fingerprint density at radius 2 is 1.29 bits per heavy atom. The van der Waals surface area contributed by atoms with Crippen LogP contribution < -0.4 is 0 Å². The van der Waals surface area contributed by atoms with Crippen molar-refractivity contribution in [1.29, 1.82) is 0 Å². The molecule has 0 amide bonds. The van der Waals surface area contributed by atoms with Crippen molar-refractivity contribution in [2.45, 2.75) is 50.6 Å². The van der Waals surface area contributed by atoms with Crippen molar-refractivity contribution in [1.82, 2.24) is 0 Å². The topological polar surface area (TPSA) is 18.5 Å². The Morgan fingerprint density at radius 3 is 1.53 bits per heavy atom. The van der Waals surface area contributed by atoms with Crippen LogP contribution in [0.3, 0.4) is 0 Å². The Kier molecular flexibility index (Phi) is 2.32. The summed E-state index contributed by atoms with van der Waals surface area (Å²) in [7, 11) is -1.87. The number of hydrogen-bond acceptors (Lipinski definition) is 2. The fourth-order valence-electron chi connectivity index (χ4n) is 4.80. The van der Waals surface area contributed by atoms with Crippen LogP contribution in [0.1, 0.15) is 39.5 Å². The predicted molar refractivity (Wildman–Crippen MR) is 68.9 cm³/mol. The highest BCUT2D eigenvalue weighted by molar-refractivity contribution is 6.71. The maximum Gasteiger partial charge on any atom is 0.345 e. The van der Waals surface area contributed by atoms with Crippen LogP contribution in [-0.2, 0) is 8.85 Å². The van der Waals surface area contributed by atoms with Gasteiger partial charge in [0, 0.05) is 24.3 Å². The Bertz CT molecular complexity index is 300. The molecule has 0 spiro atoms. The molecule has 0 aliphatic heterocycles. The minimum Gasteiger partial charge on any atom is -0.394 e. The first-order valence-corrected chi connectivity index (χ1v) is 9.55. The summed E-state index contributed by atoms with van der Waals surface area (Å²) >= 11 is 0. The quantitative estimate of drug-likeness (QED) is 0.675. The summed E-state index contributed by atoms with van der Waals surface area (Å²) in [6.07, 6.45) is 5.84. The summed E-state index contributed by atoms with van der Waals surface area (Å²) in [5, 5.41) is 0. The summed E-state index contributed by atoms with van der Waals surface area (Å²) in [5.41, 5.74) is 1.72. The van der Waals surface area contributed by atoms with Gasteiger partial charge in [0.2, 0.25) is 0 Å². The molecule has 0 aromatic heterocycles. The van der Waals surface area contributed by atoms with E-state index in [4.69, 9.17) is 8.85 Å². The fraction of sp³-hybridized carbons (Fsp3) is 1.00. The molecule has 4 aliphatic rings. The molecule has 17 heavy (non-hydrogen) atoms. The Morgan fingerprint density at radius 1 is 0.824 bits per heavy atom. The Hall–Kier alpha value is 0.137. The van der Waals surface area contributed by atoms with E-state index in [1.54, 1.807) is 0 Å². The molecule has 6 unspecified atom stereocenters. The number of hydrogen-bond donors (Lipinski definition) is 0. The van der Waals surface area contributed by atoms with Crippen molar-refractivity contribution >= 4 is 8.56 Å². The van der Waals surface area contributed by atoms with Crippen LogP contribution in [0.2, 0.25) is 11.1 Å². The molecular formula is C14H24O2Si. The zero-order valence-electron chi connectivity index (χ0n) is 11.0. The van der Waals surface area contributed by atoms with Crippen LogP contribution in [-0.4, -0.2) is 21.8 Å². The third-order valence-electron chi connectivity index (χ3n) is 5.88. The van der Waals surface area contributed by atoms with Crippen molar-refractivity contribution < 1.29 is 8.85 Å². The first-order chi connectivity index (χ1) is 8.30. The van der Waals surface area contributed by atoms with Gasteiger partial charge in [-0.25, -0.2) is 0 Å². The molecular weight excluding hydrogens is 228 g/mol. The Balaban J connectivity index is 1.58. The van der Waals surface area contributed by atoms with Crippen LogP contribution >= 0.6 is 0 Å². The lowest BCUT2D eigenvalue weighted by atomic mass is 9.98. The summed E-state index contributed by atoms with van der Waals surface area (Å²) < 4.78 is 12.8. The zero-order chi connectivity index (χ0) is 11.6. The van der Waals surface area contributed by atoms with E-state index < -0.39 is 8.56 Å². The molecule has 2 nitrogen and oxygen atoms in total. The molecule has 4 rings (SSSR count). The lowest BCUT2D eigenvalue weighted by Crippen LogP contribution is -2.56. The minimum absolute atomic E-state index is 0.860. The second-order valence-corrected chi connectivity index (χ2v) is 10.1. The molecule has 4 saturated carbocycles. The second-order valence-electron chi connectivity index (χ2n) is 6.59. The van der Waals surface area contributed by atoms with Crippen LogP contribution in [0.15, 0.2) is 0 Å². The van der Waals surface area contributed by atoms with Gasteiger partial charge in [0.05, 0.1) is 0 Å². The summed E-state index contributed by atoms with van der Waals surface area (Å²) in [6.45, 7) is 6.06. The average Bonchev–Trinajstić information content (AvgIpc) is 3.07. The van der Waals surface area contributed by atoms with Gasteiger partial charge < -0.3 is 8.85 Å². The third kappa shape index (κ3) is 1.39. The molecule has 0 heterocycles. The van der Waals surface area contributed by atoms with Crippen LogP contribution in [0, 0.1) is 23.7 Å². The van der Waals surface area contributed by atoms with E-state index in [0.717, 1.165) is 48.0 Å². The molecule has 96 valence electrons. The first kappa shape index (κ1) is 11.0. The SMILES string of the molecule is CCO[Si](OCC)(C1CC2CC21)C1CC2CC21. The van der Waals surface area contributed by atoms with Gasteiger partial charge in [-0.2, -0.15) is 0 Å². The summed E-state index contributed by atoms with van der Waals surface area (Å²) in [6, 6.07) is 0. The van der Waals surface area contributed by atoms with Crippen LogP contribution in [0.25, 0.3) is 0 Å². The van der Waals surface area contributed by atoms with Gasteiger partial charge in [-0.05, 0) is 63.2 Å². The zero-order valence-corrected chi connectivity index (χ0v) is 12.0. The monoisotopic (exact) mass is 252 g/mol. The van der Waals surface area contributed by atoms with E-state index in [2.05, 4.69) is 13.8 Å². The lowest BCUT2D eigenvalue weighted by molar-refractivity contribution is 0.128. The largest absolute Gasteiger partial charge is 0.394 e. The highest BCUT2D eigenvalue weighted by atomic mass is 28.4. The molecule has 6 atom stereocenters. The lowest BCUT2D eigenvalue weighted by Gasteiger charge is -2.48. The molecule has 4 fully saturated rings. The van der Waals surface area contributed by atoms with Gasteiger partial charge in [-0.3, -0.25) is 0 Å². The van der Waals surface area contributed by atoms with Gasteiger partial charge in [0.15, 0.2) is 0 Å². The fourth-order valence-corrected chi connectivity index (χ4v) is 10.5. The van der Waals surface area contributed by atoms with Gasteiger partial charge in [-0.1, -0.05) is 0 Å². The van der Waals surface area contributed by atoms with E-state index >= 15 is 0 Å². The smallest absolute Gasteiger partial charge is 0.345 e. The van der Waals surface area contributed by atoms with Crippen LogP contribution in [0.5, 0.6) is 0 Å². The Labute approximate surface area is 105 Å². The van der Waals surface area contributed by atoms with Gasteiger partial charge >= 0.3 is 8.56 Å². The highest BCUT2D eigenvalue weighted by Crippen LogP contribution is 2.74. The van der Waals surface area contributed by atoms with Crippen molar-refractivity contribution in [3.63, 3.8) is 0 Å². The molecule has 0 radical (unpaired) electrons. The molecule has 0 aromatic rings. The van der Waals surface area contributed by atoms with E-state index in [9.17, 15) is 0 Å². The van der Waals surface area contributed by atoms with E-state index in [-0.39, 0.29) is 0 Å². The van der Waals surface area contributed by atoms with Gasteiger partial charge in [-0.15, -0.1) is 0 Å². The minimum atomic E-state index is -1.87. The maximum atomic E-state index is 6.39. The molecule has 0 saturated heterocycles. The molecule has 4 aliphatic carbocycles. The average molecular weight is 252 g/mol. The third-order valence-corrected chi connectivity index (χ3v) is 10.7. The van der Waals surface area contributed by atoms with Gasteiger partial charge in [0.1, 0.15) is 0 Å². The highest BCUT2D eigenvalue weighted by Gasteiger charge is 2.72. The number of rotatable bonds is 6. The molecule has 0 aromatic carbocycles. The van der Waals surface area contributed by atoms with Crippen molar-refractivity contribution in [2.24, 2.45) is 23.7 Å². The number of fused-ring (bicyclic) bond motifs is 2. The van der Waals surface area contributed by atoms with Gasteiger partial charge in [0.25, 0.3) is 0 Å². The first-order valence-electron chi connectivity index (χ1n) is 7.58. The molecule has 3 heteroatoms. The van der Waals surface area contributed by atoms with E-state index in [1.807, 2.05) is 0 Å². The summed E-state index contributed by atoms with van der Waals surface area (Å²) in [5.74, 6) is 4.17. The van der Waals surface area contributed by atoms with Crippen molar-refractivity contribution in [3.8, 4) is 0 Å². The maximum absolute atomic E-state index is 6.39. The van der Waals surface area contributed by atoms with Crippen LogP contribution in [0.4, 0.5) is 0 Å². The van der Waals surface area contributed by atoms with E-state index in [1.165, 1.54) is 25.7 Å². The normalized spacial score (nSPS) is 49.8.